The molecule has 4 heteroatoms. The second-order valence-electron chi connectivity index (χ2n) is 4.83. The van der Waals surface area contributed by atoms with Gasteiger partial charge in [-0.1, -0.05) is 20.8 Å². The molecule has 4 nitrogen and oxygen atoms in total. The SMILES string of the molecule is Cn1c(NCC(C)(C)C)cc(=O)n1C. The van der Waals surface area contributed by atoms with Crippen LogP contribution in [0.3, 0.4) is 0 Å². The van der Waals surface area contributed by atoms with E-state index in [0.29, 0.717) is 0 Å². The molecule has 0 aliphatic heterocycles. The van der Waals surface area contributed by atoms with Gasteiger partial charge in [-0.2, -0.15) is 0 Å². The first-order valence-electron chi connectivity index (χ1n) is 4.78. The maximum atomic E-state index is 11.3. The molecule has 0 saturated heterocycles. The van der Waals surface area contributed by atoms with Crippen LogP contribution in [0.4, 0.5) is 5.82 Å². The zero-order valence-electron chi connectivity index (χ0n) is 9.59. The monoisotopic (exact) mass is 197 g/mol. The van der Waals surface area contributed by atoms with E-state index in [1.165, 1.54) is 0 Å². The number of hydrogen-bond donors (Lipinski definition) is 1. The quantitative estimate of drug-likeness (QED) is 0.773. The van der Waals surface area contributed by atoms with Crippen LogP contribution in [0, 0.1) is 5.41 Å². The van der Waals surface area contributed by atoms with Gasteiger partial charge < -0.3 is 5.32 Å². The summed E-state index contributed by atoms with van der Waals surface area (Å²) in [6.07, 6.45) is 0. The lowest BCUT2D eigenvalue weighted by Gasteiger charge is -2.19. The Kier molecular flexibility index (Phi) is 2.73. The average Bonchev–Trinajstić information content (AvgIpc) is 2.28. The summed E-state index contributed by atoms with van der Waals surface area (Å²) in [5.41, 5.74) is 0.232. The van der Waals surface area contributed by atoms with Crippen LogP contribution in [0.15, 0.2) is 10.9 Å². The lowest BCUT2D eigenvalue weighted by atomic mass is 9.97. The molecule has 0 unspecified atom stereocenters. The average molecular weight is 197 g/mol. The number of nitrogens with one attached hydrogen (secondary N) is 1. The third kappa shape index (κ3) is 2.40. The number of nitrogens with zero attached hydrogens (tertiary/aromatic N) is 2. The lowest BCUT2D eigenvalue weighted by molar-refractivity contribution is 0.440. The highest BCUT2D eigenvalue weighted by molar-refractivity contribution is 5.34. The van der Waals surface area contributed by atoms with E-state index in [1.807, 2.05) is 11.7 Å². The Hall–Kier alpha value is -1.19. The maximum Gasteiger partial charge on any atom is 0.268 e. The molecule has 0 fully saturated rings. The summed E-state index contributed by atoms with van der Waals surface area (Å²) in [4.78, 5) is 11.3. The van der Waals surface area contributed by atoms with E-state index in [-0.39, 0.29) is 11.0 Å². The molecule has 1 aromatic rings. The van der Waals surface area contributed by atoms with Gasteiger partial charge in [0.1, 0.15) is 5.82 Å². The molecule has 0 amide bonds. The zero-order chi connectivity index (χ0) is 10.9. The van der Waals surface area contributed by atoms with Crippen LogP contribution in [0.5, 0.6) is 0 Å². The molecule has 1 aromatic heterocycles. The van der Waals surface area contributed by atoms with E-state index in [2.05, 4.69) is 26.1 Å². The molecular formula is C10H19N3O. The predicted molar refractivity (Wildman–Crippen MR) is 58.6 cm³/mol. The summed E-state index contributed by atoms with van der Waals surface area (Å²) in [6.45, 7) is 7.31. The molecule has 0 bridgehead atoms. The van der Waals surface area contributed by atoms with Gasteiger partial charge >= 0.3 is 0 Å². The molecule has 14 heavy (non-hydrogen) atoms. The minimum Gasteiger partial charge on any atom is -0.370 e. The van der Waals surface area contributed by atoms with Gasteiger partial charge in [0.05, 0.1) is 0 Å². The Balaban J connectivity index is 2.78. The lowest BCUT2D eigenvalue weighted by Crippen LogP contribution is -2.21. The van der Waals surface area contributed by atoms with Crippen LogP contribution in [-0.4, -0.2) is 15.9 Å². The molecular weight excluding hydrogens is 178 g/mol. The zero-order valence-corrected chi connectivity index (χ0v) is 9.59. The van der Waals surface area contributed by atoms with Gasteiger partial charge in [-0.15, -0.1) is 0 Å². The highest BCUT2D eigenvalue weighted by atomic mass is 16.1. The van der Waals surface area contributed by atoms with Crippen molar-refractivity contribution in [1.82, 2.24) is 9.36 Å². The normalized spacial score (nSPS) is 11.8. The number of anilines is 1. The minimum absolute atomic E-state index is 0.0175. The second kappa shape index (κ2) is 3.52. The molecule has 0 radical (unpaired) electrons. The summed E-state index contributed by atoms with van der Waals surface area (Å²) >= 11 is 0. The van der Waals surface area contributed by atoms with Gasteiger partial charge in [0.15, 0.2) is 0 Å². The molecule has 0 saturated carbocycles. The van der Waals surface area contributed by atoms with E-state index in [1.54, 1.807) is 17.8 Å². The molecule has 0 aliphatic carbocycles. The fraction of sp³-hybridized carbons (Fsp3) is 0.700. The van der Waals surface area contributed by atoms with E-state index in [9.17, 15) is 4.79 Å². The highest BCUT2D eigenvalue weighted by Gasteiger charge is 2.11. The Morgan fingerprint density at radius 3 is 2.21 bits per heavy atom. The van der Waals surface area contributed by atoms with E-state index >= 15 is 0 Å². The summed E-state index contributed by atoms with van der Waals surface area (Å²) in [5, 5.41) is 3.26. The van der Waals surface area contributed by atoms with Crippen molar-refractivity contribution in [2.45, 2.75) is 20.8 Å². The van der Waals surface area contributed by atoms with Crippen LogP contribution in [-0.2, 0) is 14.1 Å². The molecule has 1 N–H and O–H groups in total. The van der Waals surface area contributed by atoms with Crippen molar-refractivity contribution in [3.63, 3.8) is 0 Å². The van der Waals surface area contributed by atoms with Crippen molar-refractivity contribution in [1.29, 1.82) is 0 Å². The number of aromatic nitrogens is 2. The third-order valence-electron chi connectivity index (χ3n) is 2.18. The van der Waals surface area contributed by atoms with Crippen molar-refractivity contribution in [3.05, 3.63) is 16.4 Å². The summed E-state index contributed by atoms with van der Waals surface area (Å²) in [5.74, 6) is 0.868. The van der Waals surface area contributed by atoms with E-state index in [4.69, 9.17) is 0 Å². The van der Waals surface area contributed by atoms with Gasteiger partial charge in [-0.3, -0.25) is 14.2 Å². The standard InChI is InChI=1S/C10H19N3O/c1-10(2,3)7-11-8-6-9(14)13(5)12(8)4/h6,11H,7H2,1-5H3. The molecule has 1 rings (SSSR count). The van der Waals surface area contributed by atoms with Crippen molar-refractivity contribution in [2.75, 3.05) is 11.9 Å². The highest BCUT2D eigenvalue weighted by Crippen LogP contribution is 2.14. The Morgan fingerprint density at radius 2 is 1.86 bits per heavy atom. The molecule has 0 aliphatic rings. The van der Waals surface area contributed by atoms with Gasteiger partial charge in [-0.25, -0.2) is 0 Å². The topological polar surface area (TPSA) is 39.0 Å². The second-order valence-corrected chi connectivity index (χ2v) is 4.83. The van der Waals surface area contributed by atoms with Gasteiger partial charge in [-0.05, 0) is 5.41 Å². The summed E-state index contributed by atoms with van der Waals surface area (Å²) < 4.78 is 3.39. The van der Waals surface area contributed by atoms with Gasteiger partial charge in [0.25, 0.3) is 5.56 Å². The summed E-state index contributed by atoms with van der Waals surface area (Å²) in [7, 11) is 3.62. The van der Waals surface area contributed by atoms with Crippen LogP contribution in [0.2, 0.25) is 0 Å². The van der Waals surface area contributed by atoms with Gasteiger partial charge in [0.2, 0.25) is 0 Å². The Labute approximate surface area is 84.5 Å². The van der Waals surface area contributed by atoms with E-state index in [0.717, 1.165) is 12.4 Å². The Bertz CT molecular complexity index is 368. The molecule has 1 heterocycles. The van der Waals surface area contributed by atoms with Crippen LogP contribution >= 0.6 is 0 Å². The minimum atomic E-state index is 0.0175. The predicted octanol–water partition coefficient (Wildman–Crippen LogP) is 1.18. The number of hydrogen-bond acceptors (Lipinski definition) is 2. The van der Waals surface area contributed by atoms with Gasteiger partial charge in [0, 0.05) is 26.7 Å². The molecule has 0 spiro atoms. The molecule has 0 atom stereocenters. The fourth-order valence-electron chi connectivity index (χ4n) is 1.13. The third-order valence-corrected chi connectivity index (χ3v) is 2.18. The van der Waals surface area contributed by atoms with Crippen molar-refractivity contribution in [2.24, 2.45) is 19.5 Å². The maximum absolute atomic E-state index is 11.3. The molecule has 80 valence electrons. The first-order valence-corrected chi connectivity index (χ1v) is 4.78. The Morgan fingerprint density at radius 1 is 1.29 bits per heavy atom. The largest absolute Gasteiger partial charge is 0.370 e. The first kappa shape index (κ1) is 10.9. The number of rotatable bonds is 2. The van der Waals surface area contributed by atoms with Crippen LogP contribution in [0.25, 0.3) is 0 Å². The van der Waals surface area contributed by atoms with Crippen LogP contribution < -0.4 is 10.9 Å². The van der Waals surface area contributed by atoms with Crippen molar-refractivity contribution in [3.8, 4) is 0 Å². The summed E-state index contributed by atoms with van der Waals surface area (Å²) in [6, 6.07) is 1.62. The van der Waals surface area contributed by atoms with E-state index < -0.39 is 0 Å². The first-order chi connectivity index (χ1) is 6.31. The van der Waals surface area contributed by atoms with Crippen molar-refractivity contribution < 1.29 is 0 Å². The molecule has 0 aromatic carbocycles. The smallest absolute Gasteiger partial charge is 0.268 e. The van der Waals surface area contributed by atoms with Crippen molar-refractivity contribution >= 4 is 5.82 Å². The van der Waals surface area contributed by atoms with Crippen LogP contribution in [0.1, 0.15) is 20.8 Å². The fourth-order valence-corrected chi connectivity index (χ4v) is 1.13.